The van der Waals surface area contributed by atoms with Gasteiger partial charge in [0.1, 0.15) is 12.1 Å². The number of nitrogens with one attached hydrogen (secondary N) is 2. The second-order valence-electron chi connectivity index (χ2n) is 4.50. The zero-order valence-electron chi connectivity index (χ0n) is 12.2. The van der Waals surface area contributed by atoms with Crippen molar-refractivity contribution in [3.63, 3.8) is 0 Å². The molecule has 0 heterocycles. The van der Waals surface area contributed by atoms with Gasteiger partial charge in [0.25, 0.3) is 0 Å². The molecule has 0 aromatic carbocycles. The van der Waals surface area contributed by atoms with Gasteiger partial charge in [-0.1, -0.05) is 0 Å². The number of ether oxygens (including phenoxy) is 1. The number of rotatable bonds is 14. The number of carboxylic acid groups (broad SMARTS) is 4. The summed E-state index contributed by atoms with van der Waals surface area (Å²) in [4.78, 5) is 42.4. The van der Waals surface area contributed by atoms with Crippen LogP contribution < -0.4 is 10.6 Å². The topological polar surface area (TPSA) is 182 Å². The lowest BCUT2D eigenvalue weighted by atomic mass is 10.2. The zero-order chi connectivity index (χ0) is 17.8. The van der Waals surface area contributed by atoms with Gasteiger partial charge >= 0.3 is 23.9 Å². The molecule has 0 radical (unpaired) electrons. The van der Waals surface area contributed by atoms with Gasteiger partial charge < -0.3 is 35.8 Å². The third-order valence-electron chi connectivity index (χ3n) is 2.63. The molecular formula is C12H20N2O9. The Labute approximate surface area is 131 Å². The highest BCUT2D eigenvalue weighted by Crippen LogP contribution is 1.93. The summed E-state index contributed by atoms with van der Waals surface area (Å²) in [5, 5.41) is 39.6. The van der Waals surface area contributed by atoms with Crippen molar-refractivity contribution in [3.05, 3.63) is 0 Å². The normalized spacial score (nSPS) is 13.2. The van der Waals surface area contributed by atoms with Crippen LogP contribution in [-0.4, -0.2) is 82.7 Å². The summed E-state index contributed by atoms with van der Waals surface area (Å²) in [6.45, 7) is 0.368. The quantitative estimate of drug-likeness (QED) is 0.194. The number of carbonyl (C=O) groups is 4. The second kappa shape index (κ2) is 11.3. The lowest BCUT2D eigenvalue weighted by molar-refractivity contribution is -0.146. The molecule has 0 saturated heterocycles. The average molecular weight is 336 g/mol. The standard InChI is InChI=1S/C12H20N2O9/c15-9(16)5-7(11(19)20)13-1-3-23-4-2-14-8(12(21)22)6-10(17)18/h7-8,13-14H,1-6H2,(H,15,16)(H,17,18)(H,19,20)(H,21,22). The van der Waals surface area contributed by atoms with Gasteiger partial charge in [-0.2, -0.15) is 0 Å². The van der Waals surface area contributed by atoms with E-state index < -0.39 is 48.8 Å². The first-order valence-corrected chi connectivity index (χ1v) is 6.67. The van der Waals surface area contributed by atoms with E-state index in [0.717, 1.165) is 0 Å². The molecule has 0 rings (SSSR count). The Balaban J connectivity index is 3.83. The van der Waals surface area contributed by atoms with Crippen molar-refractivity contribution < 1.29 is 44.3 Å². The van der Waals surface area contributed by atoms with E-state index in [1.807, 2.05) is 0 Å². The van der Waals surface area contributed by atoms with Crippen molar-refractivity contribution in [2.45, 2.75) is 24.9 Å². The summed E-state index contributed by atoms with van der Waals surface area (Å²) in [7, 11) is 0. The van der Waals surface area contributed by atoms with Gasteiger partial charge in [-0.3, -0.25) is 19.2 Å². The van der Waals surface area contributed by atoms with E-state index in [9.17, 15) is 19.2 Å². The molecule has 132 valence electrons. The van der Waals surface area contributed by atoms with Gasteiger partial charge in [0.15, 0.2) is 0 Å². The van der Waals surface area contributed by atoms with E-state index in [4.69, 9.17) is 25.2 Å². The first-order valence-electron chi connectivity index (χ1n) is 6.67. The number of hydrogen-bond acceptors (Lipinski definition) is 7. The van der Waals surface area contributed by atoms with Gasteiger partial charge in [0.2, 0.25) is 0 Å². The van der Waals surface area contributed by atoms with Gasteiger partial charge in [-0.25, -0.2) is 0 Å². The number of aliphatic carboxylic acids is 4. The minimum Gasteiger partial charge on any atom is -0.481 e. The van der Waals surface area contributed by atoms with Gasteiger partial charge in [0, 0.05) is 13.1 Å². The monoisotopic (exact) mass is 336 g/mol. The van der Waals surface area contributed by atoms with E-state index in [0.29, 0.717) is 0 Å². The summed E-state index contributed by atoms with van der Waals surface area (Å²) < 4.78 is 5.10. The molecule has 2 atom stereocenters. The van der Waals surface area contributed by atoms with Crippen molar-refractivity contribution in [2.24, 2.45) is 0 Å². The van der Waals surface area contributed by atoms with Crippen molar-refractivity contribution in [1.82, 2.24) is 10.6 Å². The first-order chi connectivity index (χ1) is 10.7. The van der Waals surface area contributed by atoms with Gasteiger partial charge in [0.05, 0.1) is 26.1 Å². The van der Waals surface area contributed by atoms with Crippen LogP contribution in [0, 0.1) is 0 Å². The predicted molar refractivity (Wildman–Crippen MR) is 74.2 cm³/mol. The Hall–Kier alpha value is -2.24. The molecule has 0 aliphatic heterocycles. The van der Waals surface area contributed by atoms with Crippen LogP contribution in [0.3, 0.4) is 0 Å². The second-order valence-corrected chi connectivity index (χ2v) is 4.50. The molecule has 0 amide bonds. The summed E-state index contributed by atoms with van der Waals surface area (Å²) in [5.41, 5.74) is 0. The van der Waals surface area contributed by atoms with Crippen LogP contribution in [0.1, 0.15) is 12.8 Å². The Kier molecular flexibility index (Phi) is 10.2. The van der Waals surface area contributed by atoms with Crippen LogP contribution in [0.5, 0.6) is 0 Å². The minimum absolute atomic E-state index is 0.0851. The molecule has 11 nitrogen and oxygen atoms in total. The molecule has 0 aliphatic carbocycles. The fourth-order valence-corrected chi connectivity index (χ4v) is 1.56. The Morgan fingerprint density at radius 3 is 1.35 bits per heavy atom. The molecule has 0 aliphatic rings. The molecule has 11 heteroatoms. The van der Waals surface area contributed by atoms with Gasteiger partial charge in [-0.15, -0.1) is 0 Å². The summed E-state index contributed by atoms with van der Waals surface area (Å²) in [6.07, 6.45) is -1.13. The van der Waals surface area contributed by atoms with Crippen molar-refractivity contribution >= 4 is 23.9 Å². The molecule has 6 N–H and O–H groups in total. The molecule has 0 spiro atoms. The van der Waals surface area contributed by atoms with Crippen LogP contribution in [0.25, 0.3) is 0 Å². The zero-order valence-corrected chi connectivity index (χ0v) is 12.2. The van der Waals surface area contributed by atoms with E-state index >= 15 is 0 Å². The Bertz CT molecular complexity index is 389. The first kappa shape index (κ1) is 20.8. The highest BCUT2D eigenvalue weighted by Gasteiger charge is 2.20. The fraction of sp³-hybridized carbons (Fsp3) is 0.667. The maximum absolute atomic E-state index is 10.7. The summed E-state index contributed by atoms with van der Waals surface area (Å²) in [5.74, 6) is -5.06. The van der Waals surface area contributed by atoms with Crippen molar-refractivity contribution in [1.29, 1.82) is 0 Å². The van der Waals surface area contributed by atoms with E-state index in [1.54, 1.807) is 0 Å². The lowest BCUT2D eigenvalue weighted by Crippen LogP contribution is -2.41. The SMILES string of the molecule is O=C(O)CC(NCCOCCNC(CC(=O)O)C(=O)O)C(=O)O. The average Bonchev–Trinajstić information content (AvgIpc) is 2.42. The Morgan fingerprint density at radius 2 is 1.09 bits per heavy atom. The molecule has 0 aromatic heterocycles. The van der Waals surface area contributed by atoms with Crippen LogP contribution in [-0.2, 0) is 23.9 Å². The van der Waals surface area contributed by atoms with Crippen LogP contribution in [0.4, 0.5) is 0 Å². The number of carboxylic acids is 4. The molecule has 2 unspecified atom stereocenters. The maximum atomic E-state index is 10.7. The van der Waals surface area contributed by atoms with Gasteiger partial charge in [-0.05, 0) is 0 Å². The Morgan fingerprint density at radius 1 is 0.739 bits per heavy atom. The van der Waals surface area contributed by atoms with E-state index in [1.165, 1.54) is 0 Å². The molecule has 23 heavy (non-hydrogen) atoms. The predicted octanol–water partition coefficient (Wildman–Crippen LogP) is -1.96. The summed E-state index contributed by atoms with van der Waals surface area (Å²) >= 11 is 0. The lowest BCUT2D eigenvalue weighted by Gasteiger charge is -2.14. The molecular weight excluding hydrogens is 316 g/mol. The third-order valence-corrected chi connectivity index (χ3v) is 2.63. The smallest absolute Gasteiger partial charge is 0.321 e. The van der Waals surface area contributed by atoms with E-state index in [2.05, 4.69) is 10.6 Å². The number of hydrogen-bond donors (Lipinski definition) is 6. The maximum Gasteiger partial charge on any atom is 0.321 e. The third kappa shape index (κ3) is 11.0. The largest absolute Gasteiger partial charge is 0.481 e. The van der Waals surface area contributed by atoms with Crippen molar-refractivity contribution in [2.75, 3.05) is 26.3 Å². The van der Waals surface area contributed by atoms with E-state index in [-0.39, 0.29) is 26.3 Å². The minimum atomic E-state index is -1.29. The fourth-order valence-electron chi connectivity index (χ4n) is 1.56. The molecule has 0 bridgehead atoms. The highest BCUT2D eigenvalue weighted by atomic mass is 16.5. The van der Waals surface area contributed by atoms with Crippen molar-refractivity contribution in [3.8, 4) is 0 Å². The molecule has 0 saturated carbocycles. The molecule has 0 aromatic rings. The summed E-state index contributed by atoms with van der Waals surface area (Å²) in [6, 6.07) is -2.44. The van der Waals surface area contributed by atoms with Crippen LogP contribution in [0.2, 0.25) is 0 Å². The van der Waals surface area contributed by atoms with Crippen LogP contribution >= 0.6 is 0 Å². The highest BCUT2D eigenvalue weighted by molar-refractivity contribution is 5.81. The molecule has 0 fully saturated rings. The van der Waals surface area contributed by atoms with Crippen LogP contribution in [0.15, 0.2) is 0 Å².